The Kier molecular flexibility index (Phi) is 14.8. The van der Waals surface area contributed by atoms with E-state index in [1.165, 1.54) is 9.80 Å². The van der Waals surface area contributed by atoms with Crippen LogP contribution in [0.5, 0.6) is 23.0 Å². The summed E-state index contributed by atoms with van der Waals surface area (Å²) >= 11 is 0. The Labute approximate surface area is 327 Å². The number of hydrogen-bond donors (Lipinski definition) is 0. The molecule has 5 rings (SSSR count). The number of carbonyl (C=O) groups excluding carboxylic acids is 4. The van der Waals surface area contributed by atoms with Gasteiger partial charge in [0.1, 0.15) is 36.2 Å². The van der Waals surface area contributed by atoms with E-state index in [1.54, 1.807) is 38.2 Å². The second kappa shape index (κ2) is 20.3. The first-order valence-electron chi connectivity index (χ1n) is 18.1. The summed E-state index contributed by atoms with van der Waals surface area (Å²) in [6.45, 7) is 0.608. The third-order valence-electron chi connectivity index (χ3n) is 9.18. The molecular weight excluding hydrogens is 720 g/mol. The minimum Gasteiger partial charge on any atom is -0.497 e. The van der Waals surface area contributed by atoms with E-state index in [0.29, 0.717) is 23.0 Å². The van der Waals surface area contributed by atoms with Crippen LogP contribution < -0.4 is 18.9 Å². The lowest BCUT2D eigenvalue weighted by atomic mass is 10.1. The Morgan fingerprint density at radius 3 is 0.946 bits per heavy atom. The molecule has 1 saturated heterocycles. The summed E-state index contributed by atoms with van der Waals surface area (Å²) in [5.74, 6) is 2.19. The van der Waals surface area contributed by atoms with Crippen molar-refractivity contribution in [2.45, 2.75) is 26.2 Å². The van der Waals surface area contributed by atoms with Gasteiger partial charge in [0, 0.05) is 26.2 Å². The predicted octanol–water partition coefficient (Wildman–Crippen LogP) is 5.37. The van der Waals surface area contributed by atoms with Crippen LogP contribution in [0.4, 0.5) is 9.59 Å². The Morgan fingerprint density at radius 1 is 0.464 bits per heavy atom. The maximum absolute atomic E-state index is 13.3. The Balaban J connectivity index is 1.11. The van der Waals surface area contributed by atoms with Crippen LogP contribution in [0.3, 0.4) is 0 Å². The van der Waals surface area contributed by atoms with Gasteiger partial charge < -0.3 is 38.2 Å². The van der Waals surface area contributed by atoms with Crippen LogP contribution in [0.2, 0.25) is 0 Å². The molecule has 1 aliphatic rings. The summed E-state index contributed by atoms with van der Waals surface area (Å²) in [6.07, 6.45) is -1.13. The largest absolute Gasteiger partial charge is 0.497 e. The van der Waals surface area contributed by atoms with Crippen molar-refractivity contribution in [3.05, 3.63) is 119 Å². The van der Waals surface area contributed by atoms with Gasteiger partial charge >= 0.3 is 12.2 Å². The molecule has 0 bridgehead atoms. The minimum absolute atomic E-state index is 0.0454. The molecule has 296 valence electrons. The molecule has 56 heavy (non-hydrogen) atoms. The van der Waals surface area contributed by atoms with Gasteiger partial charge in [0.05, 0.1) is 54.6 Å². The highest BCUT2D eigenvalue weighted by molar-refractivity contribution is 5.92. The van der Waals surface area contributed by atoms with Crippen molar-refractivity contribution in [2.24, 2.45) is 0 Å². The monoisotopic (exact) mass is 768 g/mol. The lowest BCUT2D eigenvalue weighted by molar-refractivity contribution is -0.150. The maximum atomic E-state index is 13.3. The van der Waals surface area contributed by atoms with Crippen molar-refractivity contribution >= 4 is 24.0 Å². The maximum Gasteiger partial charge on any atom is 0.410 e. The fraction of sp³-hybridized carbons (Fsp3) is 0.333. The molecule has 0 aromatic heterocycles. The average molecular weight is 769 g/mol. The third-order valence-corrected chi connectivity index (χ3v) is 9.18. The second-order valence-corrected chi connectivity index (χ2v) is 13.0. The molecule has 0 saturated carbocycles. The van der Waals surface area contributed by atoms with Crippen molar-refractivity contribution in [1.29, 1.82) is 0 Å². The Hall–Kier alpha value is -6.44. The molecule has 1 aliphatic heterocycles. The fourth-order valence-electron chi connectivity index (χ4n) is 5.95. The van der Waals surface area contributed by atoms with E-state index in [1.807, 2.05) is 97.1 Å². The van der Waals surface area contributed by atoms with Crippen molar-refractivity contribution in [1.82, 2.24) is 19.6 Å². The molecule has 14 nitrogen and oxygen atoms in total. The van der Waals surface area contributed by atoms with E-state index in [0.717, 1.165) is 22.3 Å². The van der Waals surface area contributed by atoms with Crippen LogP contribution in [-0.4, -0.2) is 111 Å². The molecule has 1 fully saturated rings. The predicted molar refractivity (Wildman–Crippen MR) is 206 cm³/mol. The molecule has 4 aromatic rings. The number of piperazine rings is 1. The van der Waals surface area contributed by atoms with E-state index in [4.69, 9.17) is 28.4 Å². The van der Waals surface area contributed by atoms with Crippen molar-refractivity contribution < 1.29 is 47.6 Å². The molecule has 4 aromatic carbocycles. The zero-order valence-electron chi connectivity index (χ0n) is 32.2. The van der Waals surface area contributed by atoms with Gasteiger partial charge in [-0.1, -0.05) is 48.5 Å². The Morgan fingerprint density at radius 2 is 0.714 bits per heavy atom. The molecule has 4 amide bonds. The van der Waals surface area contributed by atoms with Crippen LogP contribution in [0.1, 0.15) is 22.3 Å². The first-order valence-corrected chi connectivity index (χ1v) is 18.1. The molecule has 0 aliphatic carbocycles. The number of hydrogen-bond acceptors (Lipinski definition) is 10. The zero-order valence-corrected chi connectivity index (χ0v) is 32.2. The minimum atomic E-state index is -0.566. The van der Waals surface area contributed by atoms with Gasteiger partial charge in [-0.05, 0) is 70.8 Å². The van der Waals surface area contributed by atoms with Gasteiger partial charge in [-0.25, -0.2) is 9.59 Å². The Bertz CT molecular complexity index is 1650. The number of amides is 4. The van der Waals surface area contributed by atoms with Gasteiger partial charge in [-0.15, -0.1) is 0 Å². The van der Waals surface area contributed by atoms with E-state index in [2.05, 4.69) is 0 Å². The first-order chi connectivity index (χ1) is 27.2. The fourth-order valence-corrected chi connectivity index (χ4v) is 5.95. The highest BCUT2D eigenvalue weighted by Gasteiger charge is 2.30. The van der Waals surface area contributed by atoms with Gasteiger partial charge in [-0.3, -0.25) is 19.4 Å². The highest BCUT2D eigenvalue weighted by Crippen LogP contribution is 2.20. The number of methoxy groups -OCH3 is 4. The number of ether oxygens (including phenoxy) is 6. The number of nitrogens with zero attached hydrogens (tertiary/aromatic N) is 4. The smallest absolute Gasteiger partial charge is 0.410 e. The van der Waals surface area contributed by atoms with E-state index in [9.17, 15) is 19.2 Å². The van der Waals surface area contributed by atoms with Crippen molar-refractivity contribution in [3.63, 3.8) is 0 Å². The molecule has 0 atom stereocenters. The molecular formula is C42H48N4O10. The lowest BCUT2D eigenvalue weighted by Gasteiger charge is -2.34. The van der Waals surface area contributed by atoms with Crippen LogP contribution in [0, 0.1) is 0 Å². The van der Waals surface area contributed by atoms with Gasteiger partial charge in [-0.2, -0.15) is 0 Å². The quantitative estimate of drug-likeness (QED) is 0.130. The topological polar surface area (TPSA) is 137 Å². The number of benzene rings is 4. The second-order valence-electron chi connectivity index (χ2n) is 13.0. The SMILES string of the molecule is COc1ccc(CN(Cc2ccc(OC)cc2)C(=O)OCCN2CC(=O)N(CCOC(=O)N(Cc3ccc(OC)cc3)Cc3ccc(OC)cc3)CC2=O)cc1. The first kappa shape index (κ1) is 40.7. The molecule has 1 heterocycles. The number of carbonyl (C=O) groups is 4. The normalized spacial score (nSPS) is 12.5. The lowest BCUT2D eigenvalue weighted by Crippen LogP contribution is -2.55. The zero-order chi connectivity index (χ0) is 39.9. The van der Waals surface area contributed by atoms with Crippen LogP contribution >= 0.6 is 0 Å². The molecule has 14 heteroatoms. The molecule has 0 unspecified atom stereocenters. The summed E-state index contributed by atoms with van der Waals surface area (Å²) in [5.41, 5.74) is 3.50. The molecule has 0 N–H and O–H groups in total. The van der Waals surface area contributed by atoms with Crippen LogP contribution in [-0.2, 0) is 45.2 Å². The van der Waals surface area contributed by atoms with Gasteiger partial charge in [0.15, 0.2) is 0 Å². The summed E-state index contributed by atoms with van der Waals surface area (Å²) in [4.78, 5) is 58.7. The highest BCUT2D eigenvalue weighted by atomic mass is 16.6. The summed E-state index contributed by atoms with van der Waals surface area (Å²) in [7, 11) is 6.35. The third kappa shape index (κ3) is 11.8. The summed E-state index contributed by atoms with van der Waals surface area (Å²) < 4.78 is 32.3. The summed E-state index contributed by atoms with van der Waals surface area (Å²) in [5, 5.41) is 0. The standard InChI is InChI=1S/C42H48N4O10/c1-51-35-13-5-31(6-14-35)25-45(26-32-7-15-36(52-2)16-8-32)41(49)55-23-21-43-29-40(48)44(30-39(43)47)22-24-56-42(50)46(27-33-9-17-37(53-3)18-10-33)28-34-11-19-38(54-4)20-12-34/h5-20H,21-30H2,1-4H3. The van der Waals surface area contributed by atoms with Crippen molar-refractivity contribution in [3.8, 4) is 23.0 Å². The van der Waals surface area contributed by atoms with Crippen LogP contribution in [0.25, 0.3) is 0 Å². The molecule has 0 radical (unpaired) electrons. The molecule has 0 spiro atoms. The summed E-state index contributed by atoms with van der Waals surface area (Å²) in [6, 6.07) is 29.6. The van der Waals surface area contributed by atoms with Gasteiger partial charge in [0.25, 0.3) is 0 Å². The van der Waals surface area contributed by atoms with Crippen molar-refractivity contribution in [2.75, 3.05) is 67.8 Å². The van der Waals surface area contributed by atoms with E-state index >= 15 is 0 Å². The van der Waals surface area contributed by atoms with Gasteiger partial charge in [0.2, 0.25) is 11.8 Å². The van der Waals surface area contributed by atoms with E-state index < -0.39 is 12.2 Å². The van der Waals surface area contributed by atoms with Crippen LogP contribution in [0.15, 0.2) is 97.1 Å². The number of rotatable bonds is 18. The average Bonchev–Trinajstić information content (AvgIpc) is 3.22. The van der Waals surface area contributed by atoms with E-state index in [-0.39, 0.29) is 77.4 Å².